The summed E-state index contributed by atoms with van der Waals surface area (Å²) in [6, 6.07) is 5.05. The van der Waals surface area contributed by atoms with Crippen molar-refractivity contribution in [1.29, 1.82) is 0 Å². The largest absolute Gasteiger partial charge is 0.507 e. The van der Waals surface area contributed by atoms with Crippen molar-refractivity contribution >= 4 is 27.8 Å². The Labute approximate surface area is 362 Å². The number of phenols is 1. The smallest absolute Gasteiger partial charge is 0.341 e. The summed E-state index contributed by atoms with van der Waals surface area (Å²) in [6.45, 7) is 10.0. The molecule has 1 aromatic carbocycles. The summed E-state index contributed by atoms with van der Waals surface area (Å²) < 4.78 is 27.6. The van der Waals surface area contributed by atoms with Crippen LogP contribution in [0, 0.1) is 12.8 Å². The Kier molecular flexibility index (Phi) is 11.2. The van der Waals surface area contributed by atoms with Gasteiger partial charge in [-0.3, -0.25) is 4.79 Å². The van der Waals surface area contributed by atoms with Crippen molar-refractivity contribution in [1.82, 2.24) is 30.8 Å². The minimum atomic E-state index is -1.10. The summed E-state index contributed by atoms with van der Waals surface area (Å²) in [5.74, 6) is 1.52. The molecule has 62 heavy (non-hydrogen) atoms. The number of nitrogens with one attached hydrogen (secondary N) is 5. The molecule has 330 valence electrons. The molecule has 3 aromatic heterocycles. The van der Waals surface area contributed by atoms with Crippen LogP contribution in [0.4, 0.5) is 0 Å². The zero-order valence-electron chi connectivity index (χ0n) is 36.4. The summed E-state index contributed by atoms with van der Waals surface area (Å²) in [4.78, 5) is 31.0. The van der Waals surface area contributed by atoms with Gasteiger partial charge in [-0.1, -0.05) is 31.9 Å². The van der Waals surface area contributed by atoms with Crippen LogP contribution in [0.1, 0.15) is 89.4 Å². The van der Waals surface area contributed by atoms with E-state index in [4.69, 9.17) is 24.4 Å². The lowest BCUT2D eigenvalue weighted by Gasteiger charge is -2.45. The van der Waals surface area contributed by atoms with E-state index in [1.165, 1.54) is 17.9 Å². The number of unbranched alkanes of at least 4 members (excludes halogenated alkanes) is 2. The van der Waals surface area contributed by atoms with Gasteiger partial charge in [-0.15, -0.1) is 0 Å². The number of rotatable bonds is 13. The number of H-pyrrole nitrogens is 1. The number of benzene rings is 1. The number of hydrogen-bond acceptors (Lipinski definition) is 12. The van der Waals surface area contributed by atoms with Gasteiger partial charge in [0.05, 0.1) is 35.3 Å². The molecule has 4 aromatic rings. The highest BCUT2D eigenvalue weighted by Gasteiger charge is 2.65. The van der Waals surface area contributed by atoms with Gasteiger partial charge in [-0.05, 0) is 108 Å². The lowest BCUT2D eigenvalue weighted by atomic mass is 9.75. The predicted octanol–water partition coefficient (Wildman–Crippen LogP) is 6.11. The molecule has 2 fully saturated rings. The number of hydrogen-bond donors (Lipinski definition) is 7. The predicted molar refractivity (Wildman–Crippen MR) is 239 cm³/mol. The van der Waals surface area contributed by atoms with E-state index in [1.54, 1.807) is 13.0 Å². The Morgan fingerprint density at radius 3 is 2.76 bits per heavy atom. The van der Waals surface area contributed by atoms with E-state index in [9.17, 15) is 14.7 Å². The quantitative estimate of drug-likeness (QED) is 0.0465. The van der Waals surface area contributed by atoms with E-state index >= 15 is 0 Å². The number of aryl methyl sites for hydroxylation is 1. The molecule has 5 aliphatic heterocycles. The summed E-state index contributed by atoms with van der Waals surface area (Å²) >= 11 is 0. The molecule has 8 heterocycles. The van der Waals surface area contributed by atoms with Gasteiger partial charge in [0.2, 0.25) is 0 Å². The van der Waals surface area contributed by atoms with Crippen molar-refractivity contribution in [2.24, 2.45) is 11.7 Å². The maximum absolute atomic E-state index is 14.5. The molecule has 9 rings (SSSR count). The number of ether oxygens (including phenoxy) is 3. The third kappa shape index (κ3) is 8.10. The first-order chi connectivity index (χ1) is 29.8. The fraction of sp³-hybridized carbons (Fsp3) is 0.500. The average Bonchev–Trinajstić information content (AvgIpc) is 3.52. The van der Waals surface area contributed by atoms with Crippen LogP contribution in [-0.4, -0.2) is 76.3 Å². The number of carbonyl (C=O) groups excluding carboxylic acids is 1. The fourth-order valence-electron chi connectivity index (χ4n) is 10.3. The van der Waals surface area contributed by atoms with Gasteiger partial charge in [0, 0.05) is 60.7 Å². The molecule has 0 saturated carbocycles. The first-order valence-electron chi connectivity index (χ1n) is 22.4. The fourth-order valence-corrected chi connectivity index (χ4v) is 10.3. The molecule has 2 unspecified atom stereocenters. The summed E-state index contributed by atoms with van der Waals surface area (Å²) in [7, 11) is 1.92. The lowest BCUT2D eigenvalue weighted by molar-refractivity contribution is -0.170. The number of allylic oxidation sites excluding steroid dienone is 2. The number of fused-ring (bicyclic) bond motifs is 5. The van der Waals surface area contributed by atoms with E-state index < -0.39 is 29.2 Å². The summed E-state index contributed by atoms with van der Waals surface area (Å²) in [6.07, 6.45) is 20.3. The maximum Gasteiger partial charge on any atom is 0.341 e. The molecule has 0 aliphatic carbocycles. The highest BCUT2D eigenvalue weighted by Crippen LogP contribution is 2.54. The second-order valence-electron chi connectivity index (χ2n) is 18.5. The molecule has 14 heteroatoms. The second-order valence-corrected chi connectivity index (χ2v) is 18.5. The third-order valence-corrected chi connectivity index (χ3v) is 13.4. The van der Waals surface area contributed by atoms with Crippen molar-refractivity contribution < 1.29 is 28.5 Å². The number of dihydropyridines is 2. The monoisotopic (exact) mass is 847 g/mol. The standard InChI is InChI=1S/C48H61N7O7/c1-6-7-8-14-52-41-21-31(20-32(53-41)25-55-24-30-12-15-51-35(30)26-55)34-18-28(19-40(49)54-34)9-10-39-48(62-39)13-11-29(23-50-5)17-33-42-38(61-47(3,4)45(33)60-46(48)58)22-37-43(44(42)57)36(56)16-27(2)59-37/h12,15-16,18-22,24,26,29,32-34,39,45,50-54,57H,6-11,13-14,17,23,25,49H2,1-5H3/t29-,32?,33-,34?,39-,45-,48+/m1/s1. The molecular weight excluding hydrogens is 787 g/mol. The van der Waals surface area contributed by atoms with Gasteiger partial charge in [0.15, 0.2) is 11.0 Å². The van der Waals surface area contributed by atoms with Crippen molar-refractivity contribution in [3.05, 3.63) is 105 Å². The van der Waals surface area contributed by atoms with E-state index in [2.05, 4.69) is 74.4 Å². The van der Waals surface area contributed by atoms with Gasteiger partial charge < -0.3 is 60.3 Å². The van der Waals surface area contributed by atoms with Crippen molar-refractivity contribution in [2.75, 3.05) is 20.1 Å². The first kappa shape index (κ1) is 41.7. The molecule has 8 N–H and O–H groups in total. The molecule has 2 saturated heterocycles. The van der Waals surface area contributed by atoms with Gasteiger partial charge in [-0.2, -0.15) is 0 Å². The number of aromatic amines is 1. The van der Waals surface area contributed by atoms with Crippen LogP contribution in [0.15, 0.2) is 93.1 Å². The van der Waals surface area contributed by atoms with Gasteiger partial charge in [0.25, 0.3) is 0 Å². The van der Waals surface area contributed by atoms with Crippen LogP contribution in [-0.2, 0) is 20.8 Å². The minimum absolute atomic E-state index is 0.0479. The van der Waals surface area contributed by atoms with Crippen LogP contribution in [0.25, 0.3) is 21.9 Å². The molecule has 0 radical (unpaired) electrons. The number of aromatic hydroxyl groups is 1. The van der Waals surface area contributed by atoms with Crippen molar-refractivity contribution in [2.45, 2.75) is 127 Å². The topological polar surface area (TPSA) is 193 Å². The zero-order valence-corrected chi connectivity index (χ0v) is 36.4. The molecule has 1 spiro atoms. The van der Waals surface area contributed by atoms with Crippen LogP contribution in [0.3, 0.4) is 0 Å². The Balaban J connectivity index is 0.938. The summed E-state index contributed by atoms with van der Waals surface area (Å²) in [5, 5.41) is 27.2. The Hall–Kier alpha value is -5.60. The van der Waals surface area contributed by atoms with E-state index in [0.29, 0.717) is 61.5 Å². The number of nitrogens with zero attached hydrogens (tertiary/aromatic N) is 1. The number of esters is 1. The lowest BCUT2D eigenvalue weighted by Crippen LogP contribution is -2.52. The Morgan fingerprint density at radius 1 is 1.10 bits per heavy atom. The van der Waals surface area contributed by atoms with E-state index in [-0.39, 0.29) is 46.3 Å². The van der Waals surface area contributed by atoms with Crippen LogP contribution >= 0.6 is 0 Å². The van der Waals surface area contributed by atoms with Crippen molar-refractivity contribution in [3.63, 3.8) is 0 Å². The molecule has 7 atom stereocenters. The van der Waals surface area contributed by atoms with Crippen molar-refractivity contribution in [3.8, 4) is 11.5 Å². The number of phenolic OH excluding ortho intramolecular Hbond substituents is 1. The molecule has 14 nitrogen and oxygen atoms in total. The van der Waals surface area contributed by atoms with Crippen LogP contribution in [0.5, 0.6) is 11.5 Å². The Morgan fingerprint density at radius 2 is 1.95 bits per heavy atom. The van der Waals surface area contributed by atoms with Gasteiger partial charge in [0.1, 0.15) is 39.9 Å². The molecule has 0 amide bonds. The van der Waals surface area contributed by atoms with E-state index in [1.807, 2.05) is 33.2 Å². The first-order valence-corrected chi connectivity index (χ1v) is 22.4. The molecule has 5 aliphatic rings. The Bertz CT molecular complexity index is 2520. The minimum Gasteiger partial charge on any atom is -0.507 e. The molecular formula is C48H61N7O7. The SMILES string of the molecule is CCCCCNC1=CC(C2C=C(CC[C@H]3O[C@@]34CC[C@@H](CNC)C[C@@H]3c5c(cc6oc(C)cc(=O)c6c5O)OC(C)(C)[C@@H]3OC4=O)C=C(N)N2)=CC(Cn2cc3cc[nH]c3c2)N1. The number of aromatic nitrogens is 2. The summed E-state index contributed by atoms with van der Waals surface area (Å²) in [5.41, 5.74) is 8.21. The third-order valence-electron chi connectivity index (χ3n) is 13.4. The second kappa shape index (κ2) is 16.6. The number of nitrogens with two attached hydrogens (primary N) is 1. The average molecular weight is 848 g/mol. The van der Waals surface area contributed by atoms with Gasteiger partial charge >= 0.3 is 5.97 Å². The zero-order chi connectivity index (χ0) is 43.3. The molecule has 0 bridgehead atoms. The van der Waals surface area contributed by atoms with E-state index in [0.717, 1.165) is 48.4 Å². The maximum atomic E-state index is 14.5. The van der Waals surface area contributed by atoms with Crippen LogP contribution < -0.4 is 37.2 Å². The number of carbonyl (C=O) groups is 1. The van der Waals surface area contributed by atoms with Crippen LogP contribution in [0.2, 0.25) is 0 Å². The number of epoxide rings is 1. The highest BCUT2D eigenvalue weighted by molar-refractivity contribution is 5.88. The normalized spacial score (nSPS) is 27.8. The highest BCUT2D eigenvalue weighted by atomic mass is 16.7. The van der Waals surface area contributed by atoms with Gasteiger partial charge in [-0.25, -0.2) is 4.79 Å².